The van der Waals surface area contributed by atoms with Gasteiger partial charge >= 0.3 is 0 Å². The van der Waals surface area contributed by atoms with Crippen molar-refractivity contribution in [3.8, 4) is 0 Å². The largest absolute Gasteiger partial charge is 0.376 e. The molecule has 0 aliphatic rings. The smallest absolute Gasteiger partial charge is 0.163 e. The Kier molecular flexibility index (Phi) is 3.31. The van der Waals surface area contributed by atoms with Crippen LogP contribution in [-0.4, -0.2) is 16.6 Å². The molecule has 0 atom stereocenters. The van der Waals surface area contributed by atoms with Crippen LogP contribution < -0.4 is 11.1 Å². The monoisotopic (exact) mass is 253 g/mol. The second-order valence-electron chi connectivity index (χ2n) is 3.54. The zero-order chi connectivity index (χ0) is 11.5. The van der Waals surface area contributed by atoms with Crippen molar-refractivity contribution >= 4 is 39.8 Å². The number of thiocarbonyl (C=S) groups is 1. The van der Waals surface area contributed by atoms with Gasteiger partial charge in [-0.25, -0.2) is 0 Å². The third kappa shape index (κ3) is 2.46. The van der Waals surface area contributed by atoms with Crippen LogP contribution in [0.5, 0.6) is 0 Å². The Bertz CT molecular complexity index is 521. The van der Waals surface area contributed by atoms with Crippen molar-refractivity contribution in [2.24, 2.45) is 5.73 Å². The zero-order valence-electron chi connectivity index (χ0n) is 8.59. The van der Waals surface area contributed by atoms with Gasteiger partial charge in [0.2, 0.25) is 0 Å². The Hall–Kier alpha value is -1.26. The lowest BCUT2D eigenvalue weighted by molar-refractivity contribution is 0.874. The molecule has 0 aliphatic carbocycles. The number of H-pyrrole nitrogens is 1. The first-order valence-corrected chi connectivity index (χ1v) is 5.74. The van der Waals surface area contributed by atoms with E-state index in [1.54, 1.807) is 0 Å². The molecule has 1 heterocycles. The zero-order valence-corrected chi connectivity index (χ0v) is 10.2. The first-order chi connectivity index (χ1) is 7.66. The summed E-state index contributed by atoms with van der Waals surface area (Å²) in [6, 6.07) is 5.81. The van der Waals surface area contributed by atoms with Crippen molar-refractivity contribution in [3.05, 3.63) is 35.0 Å². The van der Waals surface area contributed by atoms with Crippen molar-refractivity contribution in [2.75, 3.05) is 6.54 Å². The number of aromatic nitrogens is 1. The van der Waals surface area contributed by atoms with E-state index in [-0.39, 0.29) is 0 Å². The minimum Gasteiger partial charge on any atom is -0.376 e. The van der Waals surface area contributed by atoms with Crippen LogP contribution in [-0.2, 0) is 6.42 Å². The maximum Gasteiger partial charge on any atom is 0.163 e. The molecular weight excluding hydrogens is 242 g/mol. The number of aromatic amines is 1. The molecule has 84 valence electrons. The highest BCUT2D eigenvalue weighted by atomic mass is 35.5. The Morgan fingerprint density at radius 1 is 1.50 bits per heavy atom. The SMILES string of the molecule is NC(=S)NCCc1c[nH]c2ccc(Cl)cc12. The van der Waals surface area contributed by atoms with E-state index in [9.17, 15) is 0 Å². The molecule has 0 saturated carbocycles. The molecule has 1 aromatic carbocycles. The highest BCUT2D eigenvalue weighted by Gasteiger charge is 2.03. The maximum atomic E-state index is 5.96. The quantitative estimate of drug-likeness (QED) is 0.735. The van der Waals surface area contributed by atoms with Crippen molar-refractivity contribution in [3.63, 3.8) is 0 Å². The lowest BCUT2D eigenvalue weighted by Gasteiger charge is -2.02. The third-order valence-corrected chi connectivity index (χ3v) is 2.80. The van der Waals surface area contributed by atoms with E-state index in [1.165, 1.54) is 5.56 Å². The first-order valence-electron chi connectivity index (χ1n) is 4.95. The Balaban J connectivity index is 2.17. The average molecular weight is 254 g/mol. The normalized spacial score (nSPS) is 10.6. The minimum atomic E-state index is 0.331. The van der Waals surface area contributed by atoms with E-state index in [2.05, 4.69) is 10.3 Å². The van der Waals surface area contributed by atoms with Gasteiger partial charge in [0, 0.05) is 28.7 Å². The number of rotatable bonds is 3. The van der Waals surface area contributed by atoms with Crippen LogP contribution in [0.1, 0.15) is 5.56 Å². The molecule has 0 unspecified atom stereocenters. The summed E-state index contributed by atoms with van der Waals surface area (Å²) in [5, 5.41) is 5.15. The van der Waals surface area contributed by atoms with Crippen LogP contribution in [0.25, 0.3) is 10.9 Å². The molecule has 0 fully saturated rings. The van der Waals surface area contributed by atoms with Gasteiger partial charge in [0.1, 0.15) is 0 Å². The van der Waals surface area contributed by atoms with Crippen LogP contribution in [0, 0.1) is 0 Å². The standard InChI is InChI=1S/C11H12ClN3S/c12-8-1-2-10-9(5-8)7(6-15-10)3-4-14-11(13)16/h1-2,5-6,15H,3-4H2,(H3,13,14,16). The van der Waals surface area contributed by atoms with Crippen molar-refractivity contribution in [1.29, 1.82) is 0 Å². The van der Waals surface area contributed by atoms with E-state index in [4.69, 9.17) is 29.6 Å². The van der Waals surface area contributed by atoms with Crippen LogP contribution >= 0.6 is 23.8 Å². The lowest BCUT2D eigenvalue weighted by Crippen LogP contribution is -2.30. The number of fused-ring (bicyclic) bond motifs is 1. The summed E-state index contributed by atoms with van der Waals surface area (Å²) >= 11 is 10.7. The topological polar surface area (TPSA) is 53.8 Å². The average Bonchev–Trinajstić information content (AvgIpc) is 2.60. The molecule has 0 bridgehead atoms. The molecule has 5 heteroatoms. The molecule has 3 nitrogen and oxygen atoms in total. The summed E-state index contributed by atoms with van der Waals surface area (Å²) in [5.41, 5.74) is 7.66. The summed E-state index contributed by atoms with van der Waals surface area (Å²) in [4.78, 5) is 3.20. The van der Waals surface area contributed by atoms with Gasteiger partial charge in [0.25, 0.3) is 0 Å². The van der Waals surface area contributed by atoms with Crippen molar-refractivity contribution in [2.45, 2.75) is 6.42 Å². The van der Waals surface area contributed by atoms with Crippen LogP contribution in [0.4, 0.5) is 0 Å². The summed E-state index contributed by atoms with van der Waals surface area (Å²) < 4.78 is 0. The Morgan fingerprint density at radius 2 is 2.31 bits per heavy atom. The van der Waals surface area contributed by atoms with E-state index in [0.717, 1.165) is 28.9 Å². The van der Waals surface area contributed by atoms with Gasteiger partial charge in [-0.3, -0.25) is 0 Å². The molecular formula is C11H12ClN3S. The fourth-order valence-electron chi connectivity index (χ4n) is 1.68. The predicted octanol–water partition coefficient (Wildman–Crippen LogP) is 2.20. The number of hydrogen-bond donors (Lipinski definition) is 3. The Labute approximate surface area is 104 Å². The van der Waals surface area contributed by atoms with Crippen LogP contribution in [0.2, 0.25) is 5.02 Å². The fourth-order valence-corrected chi connectivity index (χ4v) is 1.95. The molecule has 0 amide bonds. The van der Waals surface area contributed by atoms with Gasteiger partial charge in [0.05, 0.1) is 0 Å². The molecule has 2 aromatic rings. The number of nitrogens with one attached hydrogen (secondary N) is 2. The number of benzene rings is 1. The molecule has 0 saturated heterocycles. The van der Waals surface area contributed by atoms with Gasteiger partial charge in [-0.1, -0.05) is 11.6 Å². The highest BCUT2D eigenvalue weighted by Crippen LogP contribution is 2.22. The summed E-state index contributed by atoms with van der Waals surface area (Å²) in [5.74, 6) is 0. The Morgan fingerprint density at radius 3 is 3.06 bits per heavy atom. The second-order valence-corrected chi connectivity index (χ2v) is 4.42. The highest BCUT2D eigenvalue weighted by molar-refractivity contribution is 7.80. The summed E-state index contributed by atoms with van der Waals surface area (Å²) in [7, 11) is 0. The summed E-state index contributed by atoms with van der Waals surface area (Å²) in [6.45, 7) is 0.731. The molecule has 4 N–H and O–H groups in total. The van der Waals surface area contributed by atoms with Gasteiger partial charge in [-0.2, -0.15) is 0 Å². The fraction of sp³-hybridized carbons (Fsp3) is 0.182. The second kappa shape index (κ2) is 4.72. The molecule has 0 radical (unpaired) electrons. The molecule has 2 rings (SSSR count). The van der Waals surface area contributed by atoms with Crippen molar-refractivity contribution < 1.29 is 0 Å². The first kappa shape index (κ1) is 11.2. The lowest BCUT2D eigenvalue weighted by atomic mass is 10.1. The van der Waals surface area contributed by atoms with Crippen molar-refractivity contribution in [1.82, 2.24) is 10.3 Å². The van der Waals surface area contributed by atoms with E-state index in [1.807, 2.05) is 24.4 Å². The van der Waals surface area contributed by atoms with Crippen LogP contribution in [0.15, 0.2) is 24.4 Å². The summed E-state index contributed by atoms with van der Waals surface area (Å²) in [6.07, 6.45) is 2.85. The molecule has 16 heavy (non-hydrogen) atoms. The number of halogens is 1. The molecule has 0 aliphatic heterocycles. The number of hydrogen-bond acceptors (Lipinski definition) is 1. The van der Waals surface area contributed by atoms with E-state index < -0.39 is 0 Å². The van der Waals surface area contributed by atoms with Gasteiger partial charge in [0.15, 0.2) is 5.11 Å². The van der Waals surface area contributed by atoms with E-state index >= 15 is 0 Å². The van der Waals surface area contributed by atoms with Gasteiger partial charge < -0.3 is 16.0 Å². The van der Waals surface area contributed by atoms with Gasteiger partial charge in [-0.15, -0.1) is 0 Å². The molecule has 0 spiro atoms. The predicted molar refractivity (Wildman–Crippen MR) is 71.8 cm³/mol. The maximum absolute atomic E-state index is 5.96. The molecule has 1 aromatic heterocycles. The van der Waals surface area contributed by atoms with Crippen LogP contribution in [0.3, 0.4) is 0 Å². The number of nitrogens with two attached hydrogens (primary N) is 1. The minimum absolute atomic E-state index is 0.331. The third-order valence-electron chi connectivity index (χ3n) is 2.42. The van der Waals surface area contributed by atoms with Gasteiger partial charge in [-0.05, 0) is 42.4 Å². The van der Waals surface area contributed by atoms with E-state index in [0.29, 0.717) is 5.11 Å².